The summed E-state index contributed by atoms with van der Waals surface area (Å²) in [5.41, 5.74) is 3.99. The van der Waals surface area contributed by atoms with E-state index in [1.54, 1.807) is 16.8 Å². The number of pyridine rings is 1. The van der Waals surface area contributed by atoms with Crippen LogP contribution in [-0.2, 0) is 0 Å². The zero-order chi connectivity index (χ0) is 15.8. The summed E-state index contributed by atoms with van der Waals surface area (Å²) < 4.78 is 1.89. The molecule has 1 amide bonds. The van der Waals surface area contributed by atoms with E-state index in [1.807, 2.05) is 53.2 Å². The number of hydrogen-bond acceptors (Lipinski definition) is 5. The summed E-state index contributed by atoms with van der Waals surface area (Å²) in [6.07, 6.45) is 1.90. The molecule has 4 aromatic rings. The third kappa shape index (κ3) is 2.43. The predicted molar refractivity (Wildman–Crippen MR) is 93.3 cm³/mol. The SMILES string of the molecule is Cc1ncsc1C(=O)Nc1c(-c2cccs2)nc2ccccn12. The van der Waals surface area contributed by atoms with Crippen molar-refractivity contribution < 1.29 is 4.79 Å². The molecule has 23 heavy (non-hydrogen) atoms. The minimum Gasteiger partial charge on any atom is -0.305 e. The molecule has 5 nitrogen and oxygen atoms in total. The van der Waals surface area contributed by atoms with Gasteiger partial charge in [-0.2, -0.15) is 0 Å². The van der Waals surface area contributed by atoms with Crippen LogP contribution >= 0.6 is 22.7 Å². The van der Waals surface area contributed by atoms with Gasteiger partial charge in [0.15, 0.2) is 0 Å². The maximum absolute atomic E-state index is 12.6. The number of carbonyl (C=O) groups is 1. The highest BCUT2D eigenvalue weighted by atomic mass is 32.1. The van der Waals surface area contributed by atoms with E-state index in [4.69, 9.17) is 0 Å². The highest BCUT2D eigenvalue weighted by Crippen LogP contribution is 2.32. The summed E-state index contributed by atoms with van der Waals surface area (Å²) >= 11 is 2.93. The highest BCUT2D eigenvalue weighted by Gasteiger charge is 2.19. The monoisotopic (exact) mass is 340 g/mol. The summed E-state index contributed by atoms with van der Waals surface area (Å²) in [7, 11) is 0. The molecule has 1 N–H and O–H groups in total. The summed E-state index contributed by atoms with van der Waals surface area (Å²) in [5.74, 6) is 0.523. The third-order valence-corrected chi connectivity index (χ3v) is 5.27. The molecule has 0 aliphatic carbocycles. The van der Waals surface area contributed by atoms with Crippen LogP contribution in [0, 0.1) is 6.92 Å². The van der Waals surface area contributed by atoms with E-state index in [-0.39, 0.29) is 5.91 Å². The zero-order valence-corrected chi connectivity index (χ0v) is 13.8. The number of nitrogens with zero attached hydrogens (tertiary/aromatic N) is 3. The minimum atomic E-state index is -0.159. The Bertz CT molecular complexity index is 985. The van der Waals surface area contributed by atoms with E-state index in [9.17, 15) is 4.79 Å². The largest absolute Gasteiger partial charge is 0.305 e. The van der Waals surface area contributed by atoms with Gasteiger partial charge in [0.25, 0.3) is 5.91 Å². The van der Waals surface area contributed by atoms with Gasteiger partial charge in [0.2, 0.25) is 0 Å². The van der Waals surface area contributed by atoms with Crippen LogP contribution in [0.25, 0.3) is 16.2 Å². The summed E-state index contributed by atoms with van der Waals surface area (Å²) in [6, 6.07) is 9.74. The molecule has 0 radical (unpaired) electrons. The smallest absolute Gasteiger partial charge is 0.268 e. The molecule has 0 unspecified atom stereocenters. The van der Waals surface area contributed by atoms with Crippen molar-refractivity contribution in [2.24, 2.45) is 0 Å². The Labute approximate surface area is 140 Å². The second-order valence-corrected chi connectivity index (χ2v) is 6.74. The van der Waals surface area contributed by atoms with Crippen LogP contribution < -0.4 is 5.32 Å². The molecule has 7 heteroatoms. The Balaban J connectivity index is 1.83. The summed E-state index contributed by atoms with van der Waals surface area (Å²) in [6.45, 7) is 1.83. The van der Waals surface area contributed by atoms with Gasteiger partial charge < -0.3 is 5.32 Å². The fourth-order valence-electron chi connectivity index (χ4n) is 2.38. The average molecular weight is 340 g/mol. The number of hydrogen-bond donors (Lipinski definition) is 1. The molecule has 0 saturated carbocycles. The molecule has 0 bridgehead atoms. The van der Waals surface area contributed by atoms with Gasteiger partial charge in [-0.3, -0.25) is 9.20 Å². The first-order valence-electron chi connectivity index (χ1n) is 6.96. The molecule has 0 aliphatic heterocycles. The van der Waals surface area contributed by atoms with Crippen molar-refractivity contribution in [3.63, 3.8) is 0 Å². The van der Waals surface area contributed by atoms with Gasteiger partial charge in [-0.15, -0.1) is 22.7 Å². The molecule has 4 heterocycles. The predicted octanol–water partition coefficient (Wildman–Crippen LogP) is 4.08. The molecule has 0 fully saturated rings. The van der Waals surface area contributed by atoms with Crippen molar-refractivity contribution in [1.29, 1.82) is 0 Å². The van der Waals surface area contributed by atoms with Gasteiger partial charge in [-0.1, -0.05) is 12.1 Å². The van der Waals surface area contributed by atoms with Crippen LogP contribution in [0.3, 0.4) is 0 Å². The number of imidazole rings is 1. The Morgan fingerprint density at radius 1 is 1.22 bits per heavy atom. The molecule has 4 aromatic heterocycles. The Hall–Kier alpha value is -2.51. The van der Waals surface area contributed by atoms with Crippen LogP contribution in [0.5, 0.6) is 0 Å². The number of aromatic nitrogens is 3. The van der Waals surface area contributed by atoms with Crippen molar-refractivity contribution in [2.75, 3.05) is 5.32 Å². The summed E-state index contributed by atoms with van der Waals surface area (Å²) in [4.78, 5) is 23.0. The van der Waals surface area contributed by atoms with Gasteiger partial charge in [-0.05, 0) is 30.5 Å². The number of anilines is 1. The van der Waals surface area contributed by atoms with E-state index in [1.165, 1.54) is 11.3 Å². The zero-order valence-electron chi connectivity index (χ0n) is 12.2. The first-order valence-corrected chi connectivity index (χ1v) is 8.72. The fourth-order valence-corrected chi connectivity index (χ4v) is 3.80. The highest BCUT2D eigenvalue weighted by molar-refractivity contribution is 7.13. The van der Waals surface area contributed by atoms with Gasteiger partial charge in [0, 0.05) is 6.20 Å². The van der Waals surface area contributed by atoms with Crippen LogP contribution in [0.2, 0.25) is 0 Å². The lowest BCUT2D eigenvalue weighted by molar-refractivity contribution is 0.102. The molecule has 114 valence electrons. The van der Waals surface area contributed by atoms with E-state index >= 15 is 0 Å². The van der Waals surface area contributed by atoms with E-state index in [2.05, 4.69) is 15.3 Å². The van der Waals surface area contributed by atoms with Crippen molar-refractivity contribution in [2.45, 2.75) is 6.92 Å². The molecule has 0 aliphatic rings. The molecular formula is C16H12N4OS2. The van der Waals surface area contributed by atoms with Crippen molar-refractivity contribution in [3.8, 4) is 10.6 Å². The normalized spacial score (nSPS) is 11.0. The Morgan fingerprint density at radius 3 is 2.87 bits per heavy atom. The molecule has 0 saturated heterocycles. The number of aryl methyl sites for hydroxylation is 1. The van der Waals surface area contributed by atoms with Gasteiger partial charge in [0.05, 0.1) is 16.1 Å². The van der Waals surface area contributed by atoms with E-state index in [0.717, 1.165) is 21.9 Å². The van der Waals surface area contributed by atoms with E-state index in [0.29, 0.717) is 10.7 Å². The molecule has 4 rings (SSSR count). The first kappa shape index (κ1) is 14.1. The number of amides is 1. The van der Waals surface area contributed by atoms with Crippen LogP contribution in [-0.4, -0.2) is 20.3 Å². The topological polar surface area (TPSA) is 59.3 Å². The number of fused-ring (bicyclic) bond motifs is 1. The number of nitrogens with one attached hydrogen (secondary N) is 1. The van der Waals surface area contributed by atoms with Crippen LogP contribution in [0.1, 0.15) is 15.4 Å². The second-order valence-electron chi connectivity index (χ2n) is 4.94. The molecule has 0 spiro atoms. The first-order chi connectivity index (χ1) is 11.2. The van der Waals surface area contributed by atoms with Crippen molar-refractivity contribution in [3.05, 3.63) is 58.0 Å². The number of thiophene rings is 1. The maximum Gasteiger partial charge on any atom is 0.268 e. The number of rotatable bonds is 3. The molecule has 0 aromatic carbocycles. The fraction of sp³-hybridized carbons (Fsp3) is 0.0625. The van der Waals surface area contributed by atoms with Crippen molar-refractivity contribution >= 4 is 40.0 Å². The number of thiazole rings is 1. The average Bonchev–Trinajstić information content (AvgIpc) is 3.27. The lowest BCUT2D eigenvalue weighted by Crippen LogP contribution is -2.13. The van der Waals surface area contributed by atoms with E-state index < -0.39 is 0 Å². The van der Waals surface area contributed by atoms with Crippen molar-refractivity contribution in [1.82, 2.24) is 14.4 Å². The van der Waals surface area contributed by atoms with Gasteiger partial charge in [0.1, 0.15) is 22.0 Å². The standard InChI is InChI=1S/C16H12N4OS2/c1-10-14(23-9-17-10)16(21)19-15-13(11-5-4-8-22-11)18-12-6-2-3-7-20(12)15/h2-9H,1H3,(H,19,21). The number of carbonyl (C=O) groups excluding carboxylic acids is 1. The van der Waals surface area contributed by atoms with Gasteiger partial charge >= 0.3 is 0 Å². The Morgan fingerprint density at radius 2 is 2.13 bits per heavy atom. The minimum absolute atomic E-state index is 0.159. The quantitative estimate of drug-likeness (QED) is 0.611. The summed E-state index contributed by atoms with van der Waals surface area (Å²) in [5, 5.41) is 5.00. The molecule has 0 atom stereocenters. The Kier molecular flexibility index (Phi) is 3.44. The lowest BCUT2D eigenvalue weighted by atomic mass is 10.3. The van der Waals surface area contributed by atoms with Gasteiger partial charge in [-0.25, -0.2) is 9.97 Å². The third-order valence-electron chi connectivity index (χ3n) is 3.47. The lowest BCUT2D eigenvalue weighted by Gasteiger charge is -2.06. The van der Waals surface area contributed by atoms with Crippen LogP contribution in [0.4, 0.5) is 5.82 Å². The second kappa shape index (κ2) is 5.60. The molecular weight excluding hydrogens is 328 g/mol. The maximum atomic E-state index is 12.6. The van der Waals surface area contributed by atoms with Crippen LogP contribution in [0.15, 0.2) is 47.4 Å².